The topological polar surface area (TPSA) is 59.1 Å². The Morgan fingerprint density at radius 1 is 1.03 bits per heavy atom. The predicted octanol–water partition coefficient (Wildman–Crippen LogP) is 3.54. The lowest BCUT2D eigenvalue weighted by Crippen LogP contribution is -2.32. The smallest absolute Gasteiger partial charge is 0.243 e. The highest BCUT2D eigenvalue weighted by atomic mass is 35.5. The van der Waals surface area contributed by atoms with Gasteiger partial charge in [0.1, 0.15) is 12.4 Å². The Kier molecular flexibility index (Phi) is 6.95. The van der Waals surface area contributed by atoms with E-state index in [0.717, 1.165) is 36.5 Å². The van der Waals surface area contributed by atoms with Crippen LogP contribution in [0.2, 0.25) is 5.02 Å². The summed E-state index contributed by atoms with van der Waals surface area (Å²) in [6.45, 7) is 5.36. The highest BCUT2D eigenvalue weighted by Crippen LogP contribution is 2.28. The molecule has 0 atom stereocenters. The first-order valence-electron chi connectivity index (χ1n) is 10.3. The minimum Gasteiger partial charge on any atom is -0.492 e. The summed E-state index contributed by atoms with van der Waals surface area (Å²) in [5, 5.41) is 0.507. The van der Waals surface area contributed by atoms with Crippen molar-refractivity contribution in [1.82, 2.24) is 9.21 Å². The van der Waals surface area contributed by atoms with Crippen LogP contribution < -0.4 is 4.74 Å². The van der Waals surface area contributed by atoms with Crippen molar-refractivity contribution < 1.29 is 17.9 Å². The first-order valence-corrected chi connectivity index (χ1v) is 12.1. The van der Waals surface area contributed by atoms with Crippen LogP contribution >= 0.6 is 11.6 Å². The molecule has 0 radical (unpaired) electrons. The molecule has 2 aromatic carbocycles. The maximum atomic E-state index is 13.1. The summed E-state index contributed by atoms with van der Waals surface area (Å²) in [6.07, 6.45) is 2.56. The van der Waals surface area contributed by atoms with Crippen LogP contribution in [0.15, 0.2) is 47.4 Å². The van der Waals surface area contributed by atoms with E-state index < -0.39 is 10.0 Å². The lowest BCUT2D eigenvalue weighted by Gasteiger charge is -2.20. The van der Waals surface area contributed by atoms with Crippen molar-refractivity contribution >= 4 is 21.6 Å². The van der Waals surface area contributed by atoms with Crippen LogP contribution in [-0.2, 0) is 27.9 Å². The van der Waals surface area contributed by atoms with Gasteiger partial charge < -0.3 is 14.4 Å². The average Bonchev–Trinajstić information content (AvgIpc) is 3.16. The van der Waals surface area contributed by atoms with Gasteiger partial charge in [-0.3, -0.25) is 0 Å². The fourth-order valence-corrected chi connectivity index (χ4v) is 5.39. The van der Waals surface area contributed by atoms with Crippen LogP contribution in [0.5, 0.6) is 5.75 Å². The number of hydrogen-bond donors (Lipinski definition) is 0. The molecule has 2 aromatic rings. The largest absolute Gasteiger partial charge is 0.492 e. The third-order valence-electron chi connectivity index (χ3n) is 5.54. The Morgan fingerprint density at radius 2 is 1.80 bits per heavy atom. The number of halogens is 1. The number of sulfonamides is 1. The van der Waals surface area contributed by atoms with E-state index >= 15 is 0 Å². The molecular formula is C22H27ClN2O4S. The summed E-state index contributed by atoms with van der Waals surface area (Å²) >= 11 is 5.90. The zero-order valence-corrected chi connectivity index (χ0v) is 18.5. The molecule has 4 rings (SSSR count). The van der Waals surface area contributed by atoms with Gasteiger partial charge in [-0.1, -0.05) is 17.7 Å². The molecule has 2 aliphatic rings. The van der Waals surface area contributed by atoms with Crippen LogP contribution in [0.4, 0.5) is 0 Å². The summed E-state index contributed by atoms with van der Waals surface area (Å²) in [4.78, 5) is 2.65. The van der Waals surface area contributed by atoms with Gasteiger partial charge in [-0.15, -0.1) is 0 Å². The maximum absolute atomic E-state index is 13.1. The number of rotatable bonds is 7. The Hall–Kier alpha value is -1.64. The molecule has 0 saturated carbocycles. The molecule has 6 nitrogen and oxygen atoms in total. The van der Waals surface area contributed by atoms with Crippen molar-refractivity contribution in [3.8, 4) is 5.75 Å². The molecule has 8 heteroatoms. The fraction of sp³-hybridized carbons (Fsp3) is 0.455. The van der Waals surface area contributed by atoms with E-state index in [2.05, 4.69) is 4.90 Å². The van der Waals surface area contributed by atoms with E-state index in [1.807, 2.05) is 18.2 Å². The SMILES string of the molecule is O=S(=O)(c1ccc(Cl)cc1)N1CCOc2ccc(COCCN3CCCC3)cc2C1. The molecule has 0 N–H and O–H groups in total. The van der Waals surface area contributed by atoms with Crippen molar-refractivity contribution in [2.24, 2.45) is 0 Å². The lowest BCUT2D eigenvalue weighted by atomic mass is 10.1. The van der Waals surface area contributed by atoms with E-state index in [0.29, 0.717) is 31.4 Å². The second-order valence-electron chi connectivity index (χ2n) is 7.68. The summed E-state index contributed by atoms with van der Waals surface area (Å²) in [6, 6.07) is 12.1. The summed E-state index contributed by atoms with van der Waals surface area (Å²) in [7, 11) is -3.63. The van der Waals surface area contributed by atoms with Gasteiger partial charge in [0.15, 0.2) is 0 Å². The Balaban J connectivity index is 1.42. The molecular weight excluding hydrogens is 424 g/mol. The number of hydrogen-bond acceptors (Lipinski definition) is 5. The molecule has 0 aromatic heterocycles. The molecule has 1 fully saturated rings. The van der Waals surface area contributed by atoms with Crippen LogP contribution in [0.1, 0.15) is 24.0 Å². The first kappa shape index (κ1) is 21.6. The minimum absolute atomic E-state index is 0.233. The molecule has 2 aliphatic heterocycles. The van der Waals surface area contributed by atoms with Crippen LogP contribution in [0, 0.1) is 0 Å². The van der Waals surface area contributed by atoms with Gasteiger partial charge in [-0.25, -0.2) is 8.42 Å². The van der Waals surface area contributed by atoms with Gasteiger partial charge in [0, 0.05) is 30.2 Å². The highest BCUT2D eigenvalue weighted by Gasteiger charge is 2.27. The molecule has 0 amide bonds. The molecule has 0 unspecified atom stereocenters. The first-order chi connectivity index (χ1) is 14.5. The summed E-state index contributed by atoms with van der Waals surface area (Å²) < 4.78 is 39.3. The van der Waals surface area contributed by atoms with Gasteiger partial charge in [-0.05, 0) is 67.9 Å². The molecule has 30 heavy (non-hydrogen) atoms. The predicted molar refractivity (Wildman–Crippen MR) is 116 cm³/mol. The molecule has 2 heterocycles. The lowest BCUT2D eigenvalue weighted by molar-refractivity contribution is 0.0992. The monoisotopic (exact) mass is 450 g/mol. The Morgan fingerprint density at radius 3 is 2.57 bits per heavy atom. The van der Waals surface area contributed by atoms with Crippen LogP contribution in [0.25, 0.3) is 0 Å². The van der Waals surface area contributed by atoms with Crippen molar-refractivity contribution in [3.63, 3.8) is 0 Å². The normalized spacial score (nSPS) is 18.0. The molecule has 0 spiro atoms. The molecule has 1 saturated heterocycles. The van der Waals surface area contributed by atoms with E-state index in [1.54, 1.807) is 12.1 Å². The Labute approximate surface area is 183 Å². The highest BCUT2D eigenvalue weighted by molar-refractivity contribution is 7.89. The van der Waals surface area contributed by atoms with Crippen molar-refractivity contribution in [2.75, 3.05) is 39.4 Å². The van der Waals surface area contributed by atoms with Gasteiger partial charge >= 0.3 is 0 Å². The zero-order chi connectivity index (χ0) is 21.0. The summed E-state index contributed by atoms with van der Waals surface area (Å²) in [5.41, 5.74) is 1.87. The number of ether oxygens (including phenoxy) is 2. The van der Waals surface area contributed by atoms with Gasteiger partial charge in [0.25, 0.3) is 0 Å². The average molecular weight is 451 g/mol. The summed E-state index contributed by atoms with van der Waals surface area (Å²) in [5.74, 6) is 0.727. The van der Waals surface area contributed by atoms with Gasteiger partial charge in [0.05, 0.1) is 18.1 Å². The third kappa shape index (κ3) is 5.15. The van der Waals surface area contributed by atoms with E-state index in [4.69, 9.17) is 21.1 Å². The second-order valence-corrected chi connectivity index (χ2v) is 10.1. The van der Waals surface area contributed by atoms with Crippen molar-refractivity contribution in [1.29, 1.82) is 0 Å². The van der Waals surface area contributed by atoms with Gasteiger partial charge in [0.2, 0.25) is 10.0 Å². The fourth-order valence-electron chi connectivity index (χ4n) is 3.86. The molecule has 0 bridgehead atoms. The van der Waals surface area contributed by atoms with Crippen molar-refractivity contribution in [2.45, 2.75) is 30.9 Å². The minimum atomic E-state index is -3.63. The van der Waals surface area contributed by atoms with Crippen LogP contribution in [0.3, 0.4) is 0 Å². The quantitative estimate of drug-likeness (QED) is 0.604. The molecule has 0 aliphatic carbocycles. The van der Waals surface area contributed by atoms with E-state index in [-0.39, 0.29) is 11.4 Å². The number of nitrogens with zero attached hydrogens (tertiary/aromatic N) is 2. The third-order valence-corrected chi connectivity index (χ3v) is 7.65. The standard InChI is InChI=1S/C22H27ClN2O4S/c23-20-4-6-21(7-5-20)30(26,27)25-12-14-29-22-8-3-18(15-19(22)16-25)17-28-13-11-24-9-1-2-10-24/h3-8,15H,1-2,9-14,16-17H2. The second kappa shape index (κ2) is 9.66. The van der Waals surface area contributed by atoms with Crippen molar-refractivity contribution in [3.05, 3.63) is 58.6 Å². The maximum Gasteiger partial charge on any atom is 0.243 e. The zero-order valence-electron chi connectivity index (χ0n) is 16.9. The number of benzene rings is 2. The number of fused-ring (bicyclic) bond motifs is 1. The van der Waals surface area contributed by atoms with E-state index in [1.165, 1.54) is 29.3 Å². The van der Waals surface area contributed by atoms with E-state index in [9.17, 15) is 8.42 Å². The van der Waals surface area contributed by atoms with Crippen LogP contribution in [-0.4, -0.2) is 57.0 Å². The molecule has 162 valence electrons. The number of likely N-dealkylation sites (tertiary alicyclic amines) is 1. The Bertz CT molecular complexity index is 960. The van der Waals surface area contributed by atoms with Gasteiger partial charge in [-0.2, -0.15) is 4.31 Å².